The van der Waals surface area contributed by atoms with E-state index in [1.807, 2.05) is 62.4 Å². The number of allylic oxidation sites excluding steroid dienone is 2. The van der Waals surface area contributed by atoms with Crippen molar-refractivity contribution in [3.63, 3.8) is 0 Å². The van der Waals surface area contributed by atoms with Gasteiger partial charge in [0, 0.05) is 16.9 Å². The van der Waals surface area contributed by atoms with Gasteiger partial charge in [0.05, 0.1) is 47.6 Å². The van der Waals surface area contributed by atoms with E-state index < -0.39 is 11.9 Å². The number of carbonyl (C=O) groups is 2. The number of aryl methyl sites for hydroxylation is 1. The lowest BCUT2D eigenvalue weighted by Gasteiger charge is -2.30. The van der Waals surface area contributed by atoms with Gasteiger partial charge in [-0.25, -0.2) is 4.79 Å². The van der Waals surface area contributed by atoms with Gasteiger partial charge >= 0.3 is 5.97 Å². The molecule has 0 radical (unpaired) electrons. The van der Waals surface area contributed by atoms with Gasteiger partial charge in [-0.3, -0.25) is 4.79 Å². The lowest BCUT2D eigenvalue weighted by molar-refractivity contribution is -0.136. The van der Waals surface area contributed by atoms with Gasteiger partial charge in [0.25, 0.3) is 0 Å². The molecule has 0 aromatic heterocycles. The molecule has 1 aliphatic heterocycles. The lowest BCUT2D eigenvalue weighted by Crippen LogP contribution is -2.29. The Labute approximate surface area is 203 Å². The minimum atomic E-state index is -0.691. The van der Waals surface area contributed by atoms with E-state index >= 15 is 0 Å². The van der Waals surface area contributed by atoms with Crippen molar-refractivity contribution in [2.45, 2.75) is 26.7 Å². The summed E-state index contributed by atoms with van der Waals surface area (Å²) in [4.78, 5) is 25.4. The molecule has 2 aromatic carbocycles. The van der Waals surface area contributed by atoms with Crippen LogP contribution in [0.2, 0.25) is 0 Å². The Morgan fingerprint density at radius 1 is 1.15 bits per heavy atom. The first-order valence-corrected chi connectivity index (χ1v) is 11.8. The van der Waals surface area contributed by atoms with E-state index in [2.05, 4.69) is 16.7 Å². The van der Waals surface area contributed by atoms with Crippen LogP contribution >= 0.6 is 11.8 Å². The molecule has 2 aromatic rings. The van der Waals surface area contributed by atoms with Crippen LogP contribution in [0.15, 0.2) is 70.4 Å². The highest BCUT2D eigenvalue weighted by atomic mass is 32.2. The Balaban J connectivity index is 1.96. The van der Waals surface area contributed by atoms with Crippen molar-refractivity contribution in [2.24, 2.45) is 0 Å². The highest BCUT2D eigenvalue weighted by Gasteiger charge is 2.37. The number of amides is 1. The van der Waals surface area contributed by atoms with E-state index in [4.69, 9.17) is 9.47 Å². The molecule has 1 aliphatic rings. The van der Waals surface area contributed by atoms with Crippen molar-refractivity contribution in [1.82, 2.24) is 5.32 Å². The number of nitrogens with one attached hydrogen (secondary N) is 2. The number of benzene rings is 2. The zero-order valence-corrected chi connectivity index (χ0v) is 20.4. The molecule has 7 nitrogen and oxygen atoms in total. The SMILES string of the molecule is CCOc1ccccc1C1C(C#N)=C(SCC(=O)Nc2ccccc2C)NC(C)=C1C(=O)OC. The van der Waals surface area contributed by atoms with Gasteiger partial charge in [0.15, 0.2) is 0 Å². The molecule has 2 N–H and O–H groups in total. The molecule has 0 spiro atoms. The maximum Gasteiger partial charge on any atom is 0.336 e. The van der Waals surface area contributed by atoms with Gasteiger partial charge in [-0.2, -0.15) is 5.26 Å². The Bertz CT molecular complexity index is 1200. The third-order valence-corrected chi connectivity index (χ3v) is 6.37. The third-order valence-electron chi connectivity index (χ3n) is 5.35. The maximum atomic E-state index is 12.7. The van der Waals surface area contributed by atoms with E-state index in [-0.39, 0.29) is 11.7 Å². The van der Waals surface area contributed by atoms with Gasteiger partial charge in [0.2, 0.25) is 5.91 Å². The van der Waals surface area contributed by atoms with E-state index in [1.54, 1.807) is 6.92 Å². The second-order valence-corrected chi connectivity index (χ2v) is 8.55. The number of ether oxygens (including phenoxy) is 2. The Morgan fingerprint density at radius 3 is 2.53 bits per heavy atom. The van der Waals surface area contributed by atoms with Crippen molar-refractivity contribution in [3.8, 4) is 11.8 Å². The van der Waals surface area contributed by atoms with Crippen molar-refractivity contribution < 1.29 is 19.1 Å². The van der Waals surface area contributed by atoms with Crippen molar-refractivity contribution in [2.75, 3.05) is 24.8 Å². The van der Waals surface area contributed by atoms with E-state index in [1.165, 1.54) is 18.9 Å². The summed E-state index contributed by atoms with van der Waals surface area (Å²) in [5.74, 6) is -0.750. The summed E-state index contributed by atoms with van der Waals surface area (Å²) in [5, 5.41) is 16.7. The summed E-state index contributed by atoms with van der Waals surface area (Å²) in [5.41, 5.74) is 3.61. The van der Waals surface area contributed by atoms with E-state index in [9.17, 15) is 14.9 Å². The molecular weight excluding hydrogens is 450 g/mol. The number of dihydropyridines is 1. The average Bonchev–Trinajstić information content (AvgIpc) is 2.84. The van der Waals surface area contributed by atoms with Crippen LogP contribution in [-0.2, 0) is 14.3 Å². The molecule has 8 heteroatoms. The summed E-state index contributed by atoms with van der Waals surface area (Å²) in [6.07, 6.45) is 0. The minimum absolute atomic E-state index is 0.0858. The number of carbonyl (C=O) groups excluding carboxylic acids is 2. The first-order valence-electron chi connectivity index (χ1n) is 10.8. The van der Waals surface area contributed by atoms with Gasteiger partial charge < -0.3 is 20.1 Å². The summed E-state index contributed by atoms with van der Waals surface area (Å²) >= 11 is 1.21. The van der Waals surface area contributed by atoms with Crippen LogP contribution in [0, 0.1) is 18.3 Å². The molecule has 1 atom stereocenters. The number of thioether (sulfide) groups is 1. The number of hydrogen-bond donors (Lipinski definition) is 2. The fourth-order valence-corrected chi connectivity index (χ4v) is 4.65. The fourth-order valence-electron chi connectivity index (χ4n) is 3.76. The smallest absolute Gasteiger partial charge is 0.336 e. The van der Waals surface area contributed by atoms with Gasteiger partial charge in [0.1, 0.15) is 5.75 Å². The number of hydrogen-bond acceptors (Lipinski definition) is 7. The first kappa shape index (κ1) is 24.9. The van der Waals surface area contributed by atoms with Gasteiger partial charge in [-0.15, -0.1) is 0 Å². The highest BCUT2D eigenvalue weighted by Crippen LogP contribution is 2.43. The largest absolute Gasteiger partial charge is 0.494 e. The summed E-state index contributed by atoms with van der Waals surface area (Å²) in [6, 6.07) is 17.1. The Hall–Kier alpha value is -3.70. The van der Waals surface area contributed by atoms with Crippen LogP contribution in [0.4, 0.5) is 5.69 Å². The van der Waals surface area contributed by atoms with Crippen molar-refractivity contribution in [1.29, 1.82) is 5.26 Å². The van der Waals surface area contributed by atoms with Crippen molar-refractivity contribution >= 4 is 29.3 Å². The van der Waals surface area contributed by atoms with Crippen LogP contribution < -0.4 is 15.4 Å². The third kappa shape index (κ3) is 5.43. The topological polar surface area (TPSA) is 100 Å². The molecule has 1 amide bonds. The van der Waals surface area contributed by atoms with Crippen molar-refractivity contribution in [3.05, 3.63) is 81.5 Å². The minimum Gasteiger partial charge on any atom is -0.494 e. The average molecular weight is 478 g/mol. The van der Waals surface area contributed by atoms with E-state index in [0.717, 1.165) is 11.3 Å². The van der Waals surface area contributed by atoms with Gasteiger partial charge in [-0.05, 0) is 38.5 Å². The molecular formula is C26H27N3O4S. The second kappa shape index (κ2) is 11.4. The van der Waals surface area contributed by atoms with Crippen LogP contribution in [0.1, 0.15) is 30.9 Å². The predicted molar refractivity (Wildman–Crippen MR) is 133 cm³/mol. The summed E-state index contributed by atoms with van der Waals surface area (Å²) in [7, 11) is 1.31. The normalized spacial score (nSPS) is 15.3. The number of anilines is 1. The standard InChI is InChI=1S/C26H27N3O4S/c1-5-33-21-13-9-7-11-18(21)24-19(14-27)25(28-17(3)23(24)26(31)32-4)34-15-22(30)29-20-12-8-6-10-16(20)2/h6-13,24,28H,5,15H2,1-4H3,(H,29,30). The Morgan fingerprint density at radius 2 is 1.85 bits per heavy atom. The number of para-hydroxylation sites is 2. The van der Waals surface area contributed by atoms with Crippen LogP contribution in [-0.4, -0.2) is 31.3 Å². The molecule has 0 bridgehead atoms. The van der Waals surface area contributed by atoms with Crippen LogP contribution in [0.3, 0.4) is 0 Å². The van der Waals surface area contributed by atoms with Gasteiger partial charge in [-0.1, -0.05) is 48.2 Å². The summed E-state index contributed by atoms with van der Waals surface area (Å²) in [6.45, 7) is 5.98. The molecule has 0 saturated carbocycles. The molecule has 34 heavy (non-hydrogen) atoms. The molecule has 1 heterocycles. The molecule has 3 rings (SSSR count). The fraction of sp³-hybridized carbons (Fsp3) is 0.269. The zero-order valence-electron chi connectivity index (χ0n) is 19.6. The molecule has 176 valence electrons. The van der Waals surface area contributed by atoms with Crippen LogP contribution in [0.5, 0.6) is 5.75 Å². The Kier molecular flexibility index (Phi) is 8.39. The maximum absolute atomic E-state index is 12.7. The van der Waals surface area contributed by atoms with E-state index in [0.29, 0.717) is 39.8 Å². The van der Waals surface area contributed by atoms with Crippen LogP contribution in [0.25, 0.3) is 0 Å². The summed E-state index contributed by atoms with van der Waals surface area (Å²) < 4.78 is 10.8. The molecule has 1 unspecified atom stereocenters. The number of nitrogens with zero attached hydrogens (tertiary/aromatic N) is 1. The number of methoxy groups -OCH3 is 1. The number of nitriles is 1. The quantitative estimate of drug-likeness (QED) is 0.535. The molecule has 0 fully saturated rings. The first-order chi connectivity index (χ1) is 16.4. The monoisotopic (exact) mass is 477 g/mol. The predicted octanol–water partition coefficient (Wildman–Crippen LogP) is 4.63. The second-order valence-electron chi connectivity index (χ2n) is 7.57. The number of rotatable bonds is 8. The highest BCUT2D eigenvalue weighted by molar-refractivity contribution is 8.03. The molecule has 0 saturated heterocycles. The zero-order chi connectivity index (χ0) is 24.7. The lowest BCUT2D eigenvalue weighted by atomic mass is 9.82. The number of esters is 1. The molecule has 0 aliphatic carbocycles.